The molecule has 1 aromatic heterocycles. The van der Waals surface area contributed by atoms with Gasteiger partial charge in [-0.3, -0.25) is 9.69 Å². The van der Waals surface area contributed by atoms with Gasteiger partial charge in [-0.25, -0.2) is 9.97 Å². The second kappa shape index (κ2) is 9.99. The number of rotatable bonds is 6. The number of nitrogens with zero attached hydrogens (tertiary/aromatic N) is 5. The number of hydrogen-bond donors (Lipinski definition) is 0. The molecule has 2 bridgehead atoms. The van der Waals surface area contributed by atoms with Crippen LogP contribution in [0.25, 0.3) is 0 Å². The highest BCUT2D eigenvalue weighted by Crippen LogP contribution is 2.36. The number of piperidine rings is 1. The van der Waals surface area contributed by atoms with Crippen molar-refractivity contribution in [3.05, 3.63) is 18.0 Å². The van der Waals surface area contributed by atoms with Crippen molar-refractivity contribution in [2.45, 2.75) is 109 Å². The molecule has 5 rings (SSSR count). The van der Waals surface area contributed by atoms with Crippen molar-refractivity contribution in [2.24, 2.45) is 5.92 Å². The summed E-state index contributed by atoms with van der Waals surface area (Å²) in [4.78, 5) is 29.6. The molecule has 2 atom stereocenters. The summed E-state index contributed by atoms with van der Waals surface area (Å²) < 4.78 is 0. The first-order valence-electron chi connectivity index (χ1n) is 13.6. The van der Waals surface area contributed by atoms with E-state index < -0.39 is 0 Å². The van der Waals surface area contributed by atoms with Crippen LogP contribution in [-0.2, 0) is 4.79 Å². The molecule has 4 aliphatic rings. The number of carbonyl (C=O) groups is 1. The van der Waals surface area contributed by atoms with Gasteiger partial charge >= 0.3 is 0 Å². The summed E-state index contributed by atoms with van der Waals surface area (Å²) in [6.07, 6.45) is 14.5. The maximum atomic E-state index is 12.0. The third-order valence-corrected chi connectivity index (χ3v) is 9.15. The quantitative estimate of drug-likeness (QED) is 0.642. The average Bonchev–Trinajstić information content (AvgIpc) is 3.12. The average molecular weight is 454 g/mol. The number of ketones is 1. The summed E-state index contributed by atoms with van der Waals surface area (Å²) in [6.45, 7) is 11.3. The van der Waals surface area contributed by atoms with Crippen LogP contribution in [0.15, 0.2) is 12.4 Å². The molecule has 4 fully saturated rings. The maximum Gasteiger partial charge on any atom is 0.225 e. The number of carbonyl (C=O) groups excluding carboxylic acids is 1. The van der Waals surface area contributed by atoms with Gasteiger partial charge in [0.25, 0.3) is 0 Å². The minimum absolute atomic E-state index is 0.336. The van der Waals surface area contributed by atoms with E-state index in [1.165, 1.54) is 57.2 Å². The molecule has 3 saturated heterocycles. The Kier molecular flexibility index (Phi) is 7.03. The maximum absolute atomic E-state index is 12.0. The first-order chi connectivity index (χ1) is 16.0. The van der Waals surface area contributed by atoms with E-state index in [9.17, 15) is 4.79 Å². The van der Waals surface area contributed by atoms with Crippen LogP contribution < -0.4 is 4.90 Å². The van der Waals surface area contributed by atoms with Gasteiger partial charge in [0.1, 0.15) is 5.78 Å². The molecule has 3 aliphatic heterocycles. The molecule has 0 amide bonds. The van der Waals surface area contributed by atoms with Crippen LogP contribution in [-0.4, -0.2) is 75.9 Å². The van der Waals surface area contributed by atoms with E-state index in [4.69, 9.17) is 9.97 Å². The lowest BCUT2D eigenvalue weighted by molar-refractivity contribution is -0.123. The summed E-state index contributed by atoms with van der Waals surface area (Å²) in [5.74, 6) is 2.35. The first-order valence-corrected chi connectivity index (χ1v) is 13.6. The molecule has 182 valence electrons. The molecule has 33 heavy (non-hydrogen) atoms. The lowest BCUT2D eigenvalue weighted by Gasteiger charge is -2.43. The highest BCUT2D eigenvalue weighted by Gasteiger charge is 2.41. The molecule has 0 aromatic carbocycles. The molecule has 0 N–H and O–H groups in total. The highest BCUT2D eigenvalue weighted by molar-refractivity contribution is 5.80. The minimum Gasteiger partial charge on any atom is -0.332 e. The largest absolute Gasteiger partial charge is 0.332 e. The molecule has 1 saturated carbocycles. The fraction of sp³-hybridized carbons (Fsp3) is 0.815. The van der Waals surface area contributed by atoms with Gasteiger partial charge in [0, 0.05) is 62.0 Å². The van der Waals surface area contributed by atoms with Crippen molar-refractivity contribution in [1.82, 2.24) is 19.8 Å². The molecule has 6 nitrogen and oxygen atoms in total. The molecule has 1 aromatic rings. The zero-order chi connectivity index (χ0) is 22.9. The van der Waals surface area contributed by atoms with Crippen molar-refractivity contribution < 1.29 is 4.79 Å². The third-order valence-electron chi connectivity index (χ3n) is 9.15. The molecule has 0 radical (unpaired) electrons. The van der Waals surface area contributed by atoms with E-state index >= 15 is 0 Å². The monoisotopic (exact) mass is 453 g/mol. The smallest absolute Gasteiger partial charge is 0.225 e. The zero-order valence-corrected chi connectivity index (χ0v) is 21.0. The Morgan fingerprint density at radius 3 is 2.03 bits per heavy atom. The number of anilines is 1. The van der Waals surface area contributed by atoms with Crippen LogP contribution in [0, 0.1) is 5.92 Å². The van der Waals surface area contributed by atoms with E-state index in [1.807, 2.05) is 6.92 Å². The summed E-state index contributed by atoms with van der Waals surface area (Å²) in [6, 6.07) is 2.45. The van der Waals surface area contributed by atoms with Gasteiger partial charge in [0.15, 0.2) is 0 Å². The van der Waals surface area contributed by atoms with E-state index in [1.54, 1.807) is 0 Å². The summed E-state index contributed by atoms with van der Waals surface area (Å²) in [7, 11) is 0. The van der Waals surface area contributed by atoms with E-state index in [0.29, 0.717) is 48.2 Å². The van der Waals surface area contributed by atoms with Crippen LogP contribution in [0.2, 0.25) is 0 Å². The van der Waals surface area contributed by atoms with Crippen LogP contribution in [0.3, 0.4) is 0 Å². The van der Waals surface area contributed by atoms with E-state index in [2.05, 4.69) is 40.9 Å². The van der Waals surface area contributed by atoms with E-state index in [-0.39, 0.29) is 0 Å². The lowest BCUT2D eigenvalue weighted by Crippen LogP contribution is -2.56. The van der Waals surface area contributed by atoms with Crippen LogP contribution in [0.4, 0.5) is 5.95 Å². The zero-order valence-electron chi connectivity index (χ0n) is 21.0. The fourth-order valence-electron chi connectivity index (χ4n) is 7.01. The van der Waals surface area contributed by atoms with Gasteiger partial charge in [-0.15, -0.1) is 0 Å². The van der Waals surface area contributed by atoms with Crippen LogP contribution in [0.5, 0.6) is 0 Å². The Bertz CT molecular complexity index is 781. The first kappa shape index (κ1) is 23.2. The van der Waals surface area contributed by atoms with Gasteiger partial charge < -0.3 is 9.80 Å². The predicted molar refractivity (Wildman–Crippen MR) is 133 cm³/mol. The minimum atomic E-state index is 0.336. The number of likely N-dealkylation sites (tertiary alicyclic amines) is 2. The summed E-state index contributed by atoms with van der Waals surface area (Å²) in [5.41, 5.74) is 1.32. The Labute approximate surface area is 200 Å². The molecule has 1 aliphatic carbocycles. The predicted octanol–water partition coefficient (Wildman–Crippen LogP) is 4.26. The third kappa shape index (κ3) is 4.84. The van der Waals surface area contributed by atoms with Gasteiger partial charge in [0.2, 0.25) is 5.95 Å². The molecule has 2 unspecified atom stereocenters. The number of piperazine rings is 1. The summed E-state index contributed by atoms with van der Waals surface area (Å²) >= 11 is 0. The second-order valence-corrected chi connectivity index (χ2v) is 11.3. The van der Waals surface area contributed by atoms with E-state index in [0.717, 1.165) is 31.9 Å². The Hall–Kier alpha value is -1.53. The van der Waals surface area contributed by atoms with Gasteiger partial charge in [0.05, 0.1) is 0 Å². The number of aromatic nitrogens is 2. The van der Waals surface area contributed by atoms with Gasteiger partial charge in [-0.1, -0.05) is 6.92 Å². The molecule has 6 heteroatoms. The SMILES string of the molecule is CCC(=O)C1CCC(N2CCC(c3cnc(N4C5CCC4CN(C(C)C)C5)nc3)CC2)CC1. The molecular weight excluding hydrogens is 410 g/mol. The number of hydrogen-bond acceptors (Lipinski definition) is 6. The fourth-order valence-corrected chi connectivity index (χ4v) is 7.01. The Morgan fingerprint density at radius 1 is 0.909 bits per heavy atom. The van der Waals surface area contributed by atoms with Crippen molar-refractivity contribution >= 4 is 11.7 Å². The molecular formula is C27H43N5O. The standard InChI is InChI=1S/C27H43N5O/c1-4-26(33)21-5-7-23(8-6-21)30-13-11-20(12-14-30)22-15-28-27(29-16-22)32-24-9-10-25(32)18-31(17-24)19(2)3/h15-16,19-21,23-25H,4-14,17-18H2,1-3H3. The normalized spacial score (nSPS) is 31.9. The molecule has 4 heterocycles. The van der Waals surface area contributed by atoms with Crippen molar-refractivity contribution in [3.8, 4) is 0 Å². The number of Topliss-reactive ketones (excluding diaryl/α,β-unsaturated/α-hetero) is 1. The highest BCUT2D eigenvalue weighted by atomic mass is 16.1. The van der Waals surface area contributed by atoms with Crippen LogP contribution >= 0.6 is 0 Å². The van der Waals surface area contributed by atoms with Gasteiger partial charge in [-0.2, -0.15) is 0 Å². The lowest BCUT2D eigenvalue weighted by atomic mass is 9.81. The van der Waals surface area contributed by atoms with Crippen LogP contribution in [0.1, 0.15) is 90.0 Å². The van der Waals surface area contributed by atoms with Crippen molar-refractivity contribution in [1.29, 1.82) is 0 Å². The van der Waals surface area contributed by atoms with Gasteiger partial charge in [-0.05, 0) is 89.8 Å². The van der Waals surface area contributed by atoms with Crippen molar-refractivity contribution in [3.63, 3.8) is 0 Å². The topological polar surface area (TPSA) is 52.6 Å². The Balaban J connectivity index is 1.13. The summed E-state index contributed by atoms with van der Waals surface area (Å²) in [5, 5.41) is 0. The molecule has 0 spiro atoms. The van der Waals surface area contributed by atoms with Crippen molar-refractivity contribution in [2.75, 3.05) is 31.1 Å². The Morgan fingerprint density at radius 2 is 1.48 bits per heavy atom. The number of fused-ring (bicyclic) bond motifs is 2. The second-order valence-electron chi connectivity index (χ2n) is 11.3.